The van der Waals surface area contributed by atoms with Gasteiger partial charge in [0.1, 0.15) is 5.65 Å². The summed E-state index contributed by atoms with van der Waals surface area (Å²) in [4.78, 5) is 4.36. The molecule has 0 fully saturated rings. The molecule has 4 heterocycles. The highest BCUT2D eigenvalue weighted by atomic mass is 15.2. The second-order valence-electron chi connectivity index (χ2n) is 4.03. The predicted molar refractivity (Wildman–Crippen MR) is 67.2 cm³/mol. The minimum absolute atomic E-state index is 0.808. The van der Waals surface area contributed by atoms with E-state index in [1.54, 1.807) is 6.20 Å². The van der Waals surface area contributed by atoms with Gasteiger partial charge in [0, 0.05) is 24.8 Å². The SMILES string of the molecule is c1ccn2c(-c3cccn4ccnc34)nnc2c1. The molecule has 0 saturated carbocycles. The highest BCUT2D eigenvalue weighted by molar-refractivity contribution is 5.74. The van der Waals surface area contributed by atoms with Gasteiger partial charge in [0.15, 0.2) is 11.5 Å². The lowest BCUT2D eigenvalue weighted by molar-refractivity contribution is 1.10. The molecular weight excluding hydrogens is 226 g/mol. The van der Waals surface area contributed by atoms with Gasteiger partial charge in [-0.15, -0.1) is 10.2 Å². The van der Waals surface area contributed by atoms with Crippen LogP contribution >= 0.6 is 0 Å². The van der Waals surface area contributed by atoms with Crippen LogP contribution in [0.1, 0.15) is 0 Å². The largest absolute Gasteiger partial charge is 0.307 e. The van der Waals surface area contributed by atoms with Crippen LogP contribution in [0.2, 0.25) is 0 Å². The zero-order valence-electron chi connectivity index (χ0n) is 9.43. The van der Waals surface area contributed by atoms with Crippen LogP contribution in [0.3, 0.4) is 0 Å². The topological polar surface area (TPSA) is 47.5 Å². The number of fused-ring (bicyclic) bond motifs is 2. The van der Waals surface area contributed by atoms with Gasteiger partial charge in [-0.3, -0.25) is 4.40 Å². The molecular formula is C13H9N5. The van der Waals surface area contributed by atoms with E-state index in [0.29, 0.717) is 0 Å². The third-order valence-corrected chi connectivity index (χ3v) is 2.97. The molecule has 0 aliphatic rings. The Hall–Kier alpha value is -2.69. The summed E-state index contributed by atoms with van der Waals surface area (Å²) >= 11 is 0. The van der Waals surface area contributed by atoms with Crippen molar-refractivity contribution in [2.75, 3.05) is 0 Å². The van der Waals surface area contributed by atoms with E-state index in [-0.39, 0.29) is 0 Å². The van der Waals surface area contributed by atoms with E-state index in [4.69, 9.17) is 0 Å². The third kappa shape index (κ3) is 1.18. The van der Waals surface area contributed by atoms with Gasteiger partial charge in [0.2, 0.25) is 0 Å². The fourth-order valence-electron chi connectivity index (χ4n) is 2.15. The lowest BCUT2D eigenvalue weighted by Gasteiger charge is -2.01. The molecule has 4 aromatic rings. The van der Waals surface area contributed by atoms with Gasteiger partial charge in [0.25, 0.3) is 0 Å². The van der Waals surface area contributed by atoms with Gasteiger partial charge in [-0.1, -0.05) is 6.07 Å². The maximum Gasteiger partial charge on any atom is 0.172 e. The second kappa shape index (κ2) is 3.40. The quantitative estimate of drug-likeness (QED) is 0.507. The first-order chi connectivity index (χ1) is 8.93. The van der Waals surface area contributed by atoms with E-state index in [0.717, 1.165) is 22.7 Å². The van der Waals surface area contributed by atoms with Crippen molar-refractivity contribution in [1.29, 1.82) is 0 Å². The predicted octanol–water partition coefficient (Wildman–Crippen LogP) is 2.04. The average molecular weight is 235 g/mol. The third-order valence-electron chi connectivity index (χ3n) is 2.97. The van der Waals surface area contributed by atoms with E-state index in [1.165, 1.54) is 0 Å². The maximum atomic E-state index is 4.36. The summed E-state index contributed by atoms with van der Waals surface area (Å²) in [6.07, 6.45) is 7.62. The number of nitrogens with zero attached hydrogens (tertiary/aromatic N) is 5. The Morgan fingerprint density at radius 3 is 2.89 bits per heavy atom. The van der Waals surface area contributed by atoms with Crippen LogP contribution in [0.25, 0.3) is 22.7 Å². The van der Waals surface area contributed by atoms with Gasteiger partial charge < -0.3 is 4.40 Å². The molecule has 0 bridgehead atoms. The highest BCUT2D eigenvalue weighted by Gasteiger charge is 2.11. The van der Waals surface area contributed by atoms with Crippen LogP contribution in [0.4, 0.5) is 0 Å². The van der Waals surface area contributed by atoms with Gasteiger partial charge in [0.05, 0.1) is 5.56 Å². The van der Waals surface area contributed by atoms with Gasteiger partial charge in [-0.05, 0) is 24.3 Å². The monoisotopic (exact) mass is 235 g/mol. The van der Waals surface area contributed by atoms with Crippen molar-refractivity contribution in [2.45, 2.75) is 0 Å². The summed E-state index contributed by atoms with van der Waals surface area (Å²) in [5.74, 6) is 0.808. The first-order valence-electron chi connectivity index (χ1n) is 5.65. The standard InChI is InChI=1S/C13H9N5/c1-2-8-18-11(5-1)15-16-13(18)10-4-3-7-17-9-6-14-12(10)17/h1-9H. The molecule has 0 atom stereocenters. The minimum atomic E-state index is 0.808. The summed E-state index contributed by atoms with van der Waals surface area (Å²) in [6, 6.07) is 9.83. The van der Waals surface area contributed by atoms with E-state index in [9.17, 15) is 0 Å². The number of imidazole rings is 1. The van der Waals surface area contributed by atoms with Crippen LogP contribution in [-0.4, -0.2) is 24.0 Å². The summed E-state index contributed by atoms with van der Waals surface area (Å²) in [6.45, 7) is 0. The molecule has 5 nitrogen and oxygen atoms in total. The van der Waals surface area contributed by atoms with E-state index in [2.05, 4.69) is 15.2 Å². The zero-order valence-corrected chi connectivity index (χ0v) is 9.43. The zero-order chi connectivity index (χ0) is 11.9. The number of hydrogen-bond acceptors (Lipinski definition) is 3. The molecule has 0 amide bonds. The molecule has 4 aromatic heterocycles. The Balaban J connectivity index is 2.10. The number of rotatable bonds is 1. The molecule has 0 aliphatic heterocycles. The van der Waals surface area contributed by atoms with Crippen molar-refractivity contribution < 1.29 is 0 Å². The highest BCUT2D eigenvalue weighted by Crippen LogP contribution is 2.21. The summed E-state index contributed by atoms with van der Waals surface area (Å²) < 4.78 is 3.93. The smallest absolute Gasteiger partial charge is 0.172 e. The molecule has 0 radical (unpaired) electrons. The van der Waals surface area contributed by atoms with Crippen molar-refractivity contribution in [3.05, 3.63) is 55.1 Å². The Kier molecular flexibility index (Phi) is 1.77. The number of pyridine rings is 2. The Bertz CT molecular complexity index is 842. The van der Waals surface area contributed by atoms with Crippen molar-refractivity contribution >= 4 is 11.3 Å². The van der Waals surface area contributed by atoms with Crippen molar-refractivity contribution in [3.63, 3.8) is 0 Å². The fraction of sp³-hybridized carbons (Fsp3) is 0. The van der Waals surface area contributed by atoms with Crippen LogP contribution in [0, 0.1) is 0 Å². The van der Waals surface area contributed by atoms with E-state index < -0.39 is 0 Å². The molecule has 0 saturated heterocycles. The van der Waals surface area contributed by atoms with Crippen LogP contribution in [-0.2, 0) is 0 Å². The van der Waals surface area contributed by atoms with Gasteiger partial charge in [-0.2, -0.15) is 0 Å². The molecule has 18 heavy (non-hydrogen) atoms. The molecule has 86 valence electrons. The van der Waals surface area contributed by atoms with Crippen LogP contribution in [0.5, 0.6) is 0 Å². The minimum Gasteiger partial charge on any atom is -0.307 e. The maximum absolute atomic E-state index is 4.36. The van der Waals surface area contributed by atoms with Crippen LogP contribution in [0.15, 0.2) is 55.1 Å². The van der Waals surface area contributed by atoms with Crippen molar-refractivity contribution in [2.24, 2.45) is 0 Å². The first-order valence-corrected chi connectivity index (χ1v) is 5.65. The first kappa shape index (κ1) is 9.35. The molecule has 0 unspecified atom stereocenters. The van der Waals surface area contributed by atoms with Crippen LogP contribution < -0.4 is 0 Å². The van der Waals surface area contributed by atoms with E-state index in [1.807, 2.05) is 57.7 Å². The molecule has 4 rings (SSSR count). The Morgan fingerprint density at radius 1 is 0.889 bits per heavy atom. The molecule has 0 aliphatic carbocycles. The summed E-state index contributed by atoms with van der Waals surface area (Å²) in [7, 11) is 0. The van der Waals surface area contributed by atoms with Gasteiger partial charge in [-0.25, -0.2) is 4.98 Å². The molecule has 0 aromatic carbocycles. The normalized spacial score (nSPS) is 11.3. The summed E-state index contributed by atoms with van der Waals surface area (Å²) in [5, 5.41) is 8.42. The van der Waals surface area contributed by atoms with E-state index >= 15 is 0 Å². The van der Waals surface area contributed by atoms with Crippen molar-refractivity contribution in [3.8, 4) is 11.4 Å². The van der Waals surface area contributed by atoms with Gasteiger partial charge >= 0.3 is 0 Å². The molecule has 0 N–H and O–H groups in total. The Morgan fingerprint density at radius 2 is 1.89 bits per heavy atom. The lowest BCUT2D eigenvalue weighted by Crippen LogP contribution is -1.92. The van der Waals surface area contributed by atoms with Crippen molar-refractivity contribution in [1.82, 2.24) is 24.0 Å². The number of hydrogen-bond donors (Lipinski definition) is 0. The lowest BCUT2D eigenvalue weighted by atomic mass is 10.2. The Labute approximate surface area is 102 Å². The molecule has 0 spiro atoms. The molecule has 5 heteroatoms. The second-order valence-corrected chi connectivity index (χ2v) is 4.03. The summed E-state index contributed by atoms with van der Waals surface area (Å²) in [5.41, 5.74) is 2.69. The average Bonchev–Trinajstić information content (AvgIpc) is 3.05. The fourth-order valence-corrected chi connectivity index (χ4v) is 2.15. The number of aromatic nitrogens is 5.